The van der Waals surface area contributed by atoms with E-state index in [1.807, 2.05) is 0 Å². The Balaban J connectivity index is 1.89. The van der Waals surface area contributed by atoms with Crippen molar-refractivity contribution >= 4 is 5.91 Å². The molecule has 2 aliphatic rings. The monoisotopic (exact) mass is 822 g/mol. The van der Waals surface area contributed by atoms with Gasteiger partial charge in [0.05, 0.1) is 32.0 Å². The van der Waals surface area contributed by atoms with E-state index in [0.29, 0.717) is 12.8 Å². The van der Waals surface area contributed by atoms with E-state index in [1.165, 1.54) is 96.3 Å². The molecule has 2 heterocycles. The zero-order valence-corrected chi connectivity index (χ0v) is 35.3. The molecule has 0 aromatic heterocycles. The lowest BCUT2D eigenvalue weighted by molar-refractivity contribution is -0.359. The van der Waals surface area contributed by atoms with Crippen LogP contribution in [0.5, 0.6) is 0 Å². The second-order valence-corrected chi connectivity index (χ2v) is 16.5. The van der Waals surface area contributed by atoms with E-state index in [1.54, 1.807) is 0 Å². The molecule has 0 radical (unpaired) electrons. The van der Waals surface area contributed by atoms with Gasteiger partial charge in [-0.15, -0.1) is 0 Å². The molecule has 338 valence electrons. The van der Waals surface area contributed by atoms with Crippen molar-refractivity contribution in [1.29, 1.82) is 0 Å². The van der Waals surface area contributed by atoms with Gasteiger partial charge in [-0.25, -0.2) is 0 Å². The molecule has 0 saturated carbocycles. The zero-order chi connectivity index (χ0) is 41.8. The van der Waals surface area contributed by atoms with Gasteiger partial charge in [-0.3, -0.25) is 4.79 Å². The summed E-state index contributed by atoms with van der Waals surface area (Å²) in [6, 6.07) is -0.818. The average molecular weight is 822 g/mol. The Morgan fingerprint density at radius 2 is 1.00 bits per heavy atom. The fraction of sp³-hybridized carbons (Fsp3) is 0.977. The number of amides is 1. The number of aliphatic hydroxyl groups is 8. The predicted molar refractivity (Wildman–Crippen MR) is 217 cm³/mol. The first-order valence-corrected chi connectivity index (χ1v) is 22.8. The highest BCUT2D eigenvalue weighted by molar-refractivity contribution is 5.76. The standard InChI is InChI=1S/C43H83NO13/c1-3-5-7-9-11-13-15-17-19-21-23-25-27-35(48)44-31(32(47)26-24-22-20-18-16-14-12-10-8-6-4-2)30-54-42-40(53)38(51)41(34(29-46)56-42)57-43-39(52)37(50)36(49)33(28-45)55-43/h31-34,36-43,45-47,49-53H,3-30H2,1-2H3,(H,44,48). The minimum absolute atomic E-state index is 0.208. The smallest absolute Gasteiger partial charge is 0.220 e. The topological polar surface area (TPSA) is 228 Å². The van der Waals surface area contributed by atoms with Crippen molar-refractivity contribution in [3.63, 3.8) is 0 Å². The van der Waals surface area contributed by atoms with Gasteiger partial charge >= 0.3 is 0 Å². The molecule has 1 amide bonds. The Morgan fingerprint density at radius 3 is 1.49 bits per heavy atom. The van der Waals surface area contributed by atoms with Crippen LogP contribution in [0.4, 0.5) is 0 Å². The minimum atomic E-state index is -1.78. The molecule has 2 aliphatic heterocycles. The Hall–Kier alpha value is -1.01. The largest absolute Gasteiger partial charge is 0.394 e. The molecule has 2 fully saturated rings. The molecule has 0 bridgehead atoms. The summed E-state index contributed by atoms with van der Waals surface area (Å²) in [7, 11) is 0. The van der Waals surface area contributed by atoms with E-state index < -0.39 is 86.8 Å². The van der Waals surface area contributed by atoms with E-state index in [-0.39, 0.29) is 12.5 Å². The second-order valence-electron chi connectivity index (χ2n) is 16.5. The summed E-state index contributed by atoms with van der Waals surface area (Å²) in [4.78, 5) is 13.1. The van der Waals surface area contributed by atoms with Gasteiger partial charge in [0.25, 0.3) is 0 Å². The van der Waals surface area contributed by atoms with Gasteiger partial charge in [-0.05, 0) is 12.8 Å². The van der Waals surface area contributed by atoms with Crippen LogP contribution in [0.15, 0.2) is 0 Å². The first-order chi connectivity index (χ1) is 27.6. The molecule has 12 atom stereocenters. The lowest BCUT2D eigenvalue weighted by atomic mass is 9.97. The number of carbonyl (C=O) groups is 1. The van der Waals surface area contributed by atoms with Gasteiger partial charge in [0.15, 0.2) is 12.6 Å². The molecule has 2 rings (SSSR count). The molecule has 0 aliphatic carbocycles. The first-order valence-electron chi connectivity index (χ1n) is 22.8. The summed E-state index contributed by atoms with van der Waals surface area (Å²) >= 11 is 0. The highest BCUT2D eigenvalue weighted by atomic mass is 16.7. The molecule has 0 spiro atoms. The molecule has 57 heavy (non-hydrogen) atoms. The normalized spacial score (nSPS) is 29.0. The van der Waals surface area contributed by atoms with Crippen LogP contribution in [-0.2, 0) is 23.7 Å². The van der Waals surface area contributed by atoms with E-state index >= 15 is 0 Å². The van der Waals surface area contributed by atoms with Gasteiger partial charge in [-0.2, -0.15) is 0 Å². The maximum Gasteiger partial charge on any atom is 0.220 e. The molecule has 0 aromatic rings. The lowest BCUT2D eigenvalue weighted by Gasteiger charge is -2.46. The average Bonchev–Trinajstić information content (AvgIpc) is 3.21. The predicted octanol–water partition coefficient (Wildman–Crippen LogP) is 4.27. The van der Waals surface area contributed by atoms with Crippen LogP contribution < -0.4 is 5.32 Å². The van der Waals surface area contributed by atoms with E-state index in [9.17, 15) is 45.6 Å². The van der Waals surface area contributed by atoms with E-state index in [2.05, 4.69) is 19.2 Å². The van der Waals surface area contributed by atoms with Crippen molar-refractivity contribution in [2.75, 3.05) is 19.8 Å². The zero-order valence-electron chi connectivity index (χ0n) is 35.3. The summed E-state index contributed by atoms with van der Waals surface area (Å²) in [5, 5.41) is 86.5. The van der Waals surface area contributed by atoms with Crippen LogP contribution in [0.25, 0.3) is 0 Å². The van der Waals surface area contributed by atoms with Gasteiger partial charge < -0.3 is 65.1 Å². The third-order valence-corrected chi connectivity index (χ3v) is 11.6. The summed E-state index contributed by atoms with van der Waals surface area (Å²) < 4.78 is 22.7. The Morgan fingerprint density at radius 1 is 0.561 bits per heavy atom. The highest BCUT2D eigenvalue weighted by Gasteiger charge is 2.51. The van der Waals surface area contributed by atoms with Crippen molar-refractivity contribution < 1.29 is 64.6 Å². The van der Waals surface area contributed by atoms with Gasteiger partial charge in [-0.1, -0.05) is 155 Å². The molecule has 0 aromatic carbocycles. The maximum absolute atomic E-state index is 13.1. The molecular weight excluding hydrogens is 738 g/mol. The molecule has 14 heteroatoms. The molecule has 9 N–H and O–H groups in total. The Bertz CT molecular complexity index is 977. The number of aliphatic hydroxyl groups excluding tert-OH is 8. The van der Waals surface area contributed by atoms with Crippen LogP contribution in [0, 0.1) is 0 Å². The Kier molecular flexibility index (Phi) is 29.1. The number of ether oxygens (including phenoxy) is 4. The Labute approximate surface area is 343 Å². The highest BCUT2D eigenvalue weighted by Crippen LogP contribution is 2.30. The third kappa shape index (κ3) is 20.4. The number of nitrogens with one attached hydrogen (secondary N) is 1. The fourth-order valence-electron chi connectivity index (χ4n) is 7.76. The first kappa shape index (κ1) is 52.1. The van der Waals surface area contributed by atoms with Crippen molar-refractivity contribution in [1.82, 2.24) is 5.32 Å². The van der Waals surface area contributed by atoms with Gasteiger partial charge in [0, 0.05) is 6.42 Å². The summed E-state index contributed by atoms with van der Waals surface area (Å²) in [5.74, 6) is -0.208. The number of carbonyl (C=O) groups excluding carboxylic acids is 1. The van der Waals surface area contributed by atoms with Crippen LogP contribution in [-0.4, -0.2) is 140 Å². The maximum atomic E-state index is 13.1. The van der Waals surface area contributed by atoms with Crippen LogP contribution in [0.3, 0.4) is 0 Å². The molecule has 14 nitrogen and oxygen atoms in total. The SMILES string of the molecule is CCCCCCCCCCCCCCC(=O)NC(COC1OC(CO)C(OC2OC(CO)C(O)C(O)C2O)C(O)C1O)C(O)CCCCCCCCCCCCC. The quantitative estimate of drug-likeness (QED) is 0.0414. The van der Waals surface area contributed by atoms with Crippen LogP contribution in [0.2, 0.25) is 0 Å². The lowest BCUT2D eigenvalue weighted by Crippen LogP contribution is -2.65. The van der Waals surface area contributed by atoms with Crippen LogP contribution >= 0.6 is 0 Å². The van der Waals surface area contributed by atoms with Crippen LogP contribution in [0.1, 0.15) is 174 Å². The number of unbranched alkanes of at least 4 members (excludes halogenated alkanes) is 21. The van der Waals surface area contributed by atoms with Crippen molar-refractivity contribution in [3.05, 3.63) is 0 Å². The van der Waals surface area contributed by atoms with Gasteiger partial charge in [0.2, 0.25) is 5.91 Å². The van der Waals surface area contributed by atoms with Crippen molar-refractivity contribution in [3.8, 4) is 0 Å². The molecule has 2 saturated heterocycles. The summed E-state index contributed by atoms with van der Waals surface area (Å²) in [6.45, 7) is 2.81. The summed E-state index contributed by atoms with van der Waals surface area (Å²) in [6.07, 6.45) is 11.1. The van der Waals surface area contributed by atoms with E-state index in [0.717, 1.165) is 51.4 Å². The number of hydrogen-bond donors (Lipinski definition) is 9. The van der Waals surface area contributed by atoms with Crippen molar-refractivity contribution in [2.45, 2.75) is 248 Å². The van der Waals surface area contributed by atoms with Gasteiger partial charge in [0.1, 0.15) is 48.8 Å². The number of rotatable bonds is 34. The molecular formula is C43H83NO13. The minimum Gasteiger partial charge on any atom is -0.394 e. The molecule has 12 unspecified atom stereocenters. The second kappa shape index (κ2) is 31.8. The van der Waals surface area contributed by atoms with Crippen molar-refractivity contribution in [2.24, 2.45) is 0 Å². The van der Waals surface area contributed by atoms with E-state index in [4.69, 9.17) is 18.9 Å². The summed E-state index contributed by atoms with van der Waals surface area (Å²) in [5.41, 5.74) is 0. The number of hydrogen-bond acceptors (Lipinski definition) is 13. The third-order valence-electron chi connectivity index (χ3n) is 11.6. The fourth-order valence-corrected chi connectivity index (χ4v) is 7.76.